The van der Waals surface area contributed by atoms with Crippen LogP contribution in [-0.4, -0.2) is 29.1 Å². The summed E-state index contributed by atoms with van der Waals surface area (Å²) in [6.45, 7) is 7.87. The van der Waals surface area contributed by atoms with Crippen LogP contribution < -0.4 is 0 Å². The number of benzene rings is 1. The molecule has 0 bridgehead atoms. The average molecular weight is 371 g/mol. The van der Waals surface area contributed by atoms with Crippen LogP contribution in [0, 0.1) is 6.92 Å². The number of unbranched alkanes of at least 4 members (excludes halogenated alkanes) is 6. The number of nitrogens with zero attached hydrogens (tertiary/aromatic N) is 2. The quantitative estimate of drug-likeness (QED) is 0.415. The molecule has 0 unspecified atom stereocenters. The highest BCUT2D eigenvalue weighted by molar-refractivity contribution is 6.00. The normalized spacial score (nSPS) is 10.9. The highest BCUT2D eigenvalue weighted by Gasteiger charge is 2.25. The average Bonchev–Trinajstić information content (AvgIpc) is 3.08. The molecule has 1 heterocycles. The van der Waals surface area contributed by atoms with Crippen LogP contribution >= 0.6 is 0 Å². The molecule has 1 aromatic heterocycles. The molecule has 148 valence electrons. The van der Waals surface area contributed by atoms with E-state index in [4.69, 9.17) is 4.52 Å². The zero-order valence-corrected chi connectivity index (χ0v) is 17.2. The lowest BCUT2D eigenvalue weighted by molar-refractivity contribution is 0.0748. The van der Waals surface area contributed by atoms with Crippen molar-refractivity contribution in [1.29, 1.82) is 0 Å². The predicted octanol–water partition coefficient (Wildman–Crippen LogP) is 6.25. The minimum absolute atomic E-state index is 0.0561. The maximum atomic E-state index is 13.4. The number of rotatable bonds is 12. The summed E-state index contributed by atoms with van der Waals surface area (Å²) in [5.41, 5.74) is 2.20. The maximum Gasteiger partial charge on any atom is 0.259 e. The summed E-state index contributed by atoms with van der Waals surface area (Å²) < 4.78 is 5.41. The van der Waals surface area contributed by atoms with Crippen LogP contribution in [-0.2, 0) is 0 Å². The first-order valence-electron chi connectivity index (χ1n) is 10.5. The molecule has 2 aromatic rings. The number of aryl methyl sites for hydroxylation is 1. The Morgan fingerprint density at radius 1 is 0.926 bits per heavy atom. The van der Waals surface area contributed by atoms with Gasteiger partial charge in [0.2, 0.25) is 0 Å². The van der Waals surface area contributed by atoms with Crippen molar-refractivity contribution in [3.63, 3.8) is 0 Å². The molecule has 0 saturated carbocycles. The van der Waals surface area contributed by atoms with E-state index in [9.17, 15) is 4.79 Å². The summed E-state index contributed by atoms with van der Waals surface area (Å²) >= 11 is 0. The van der Waals surface area contributed by atoms with Crippen molar-refractivity contribution < 1.29 is 9.32 Å². The Labute approximate surface area is 163 Å². The highest BCUT2D eigenvalue weighted by atomic mass is 16.5. The molecule has 2 rings (SSSR count). The number of carbonyl (C=O) groups is 1. The number of hydrogen-bond acceptors (Lipinski definition) is 3. The third-order valence-corrected chi connectivity index (χ3v) is 4.97. The van der Waals surface area contributed by atoms with Crippen LogP contribution in [0.15, 0.2) is 34.9 Å². The van der Waals surface area contributed by atoms with Crippen molar-refractivity contribution in [3.05, 3.63) is 41.7 Å². The van der Waals surface area contributed by atoms with Crippen molar-refractivity contribution in [2.24, 2.45) is 0 Å². The molecule has 0 aliphatic heterocycles. The smallest absolute Gasteiger partial charge is 0.259 e. The molecule has 0 spiro atoms. The lowest BCUT2D eigenvalue weighted by Gasteiger charge is -2.23. The van der Waals surface area contributed by atoms with Gasteiger partial charge in [-0.25, -0.2) is 0 Å². The molecule has 1 aromatic carbocycles. The van der Waals surface area contributed by atoms with Crippen LogP contribution in [0.1, 0.15) is 81.3 Å². The molecule has 0 aliphatic rings. The number of amides is 1. The van der Waals surface area contributed by atoms with E-state index in [1.54, 1.807) is 0 Å². The second kappa shape index (κ2) is 11.6. The van der Waals surface area contributed by atoms with Gasteiger partial charge < -0.3 is 9.42 Å². The van der Waals surface area contributed by atoms with Gasteiger partial charge in [-0.2, -0.15) is 0 Å². The van der Waals surface area contributed by atoms with E-state index in [1.165, 1.54) is 38.5 Å². The van der Waals surface area contributed by atoms with Crippen LogP contribution in [0.3, 0.4) is 0 Å². The summed E-state index contributed by atoms with van der Waals surface area (Å²) in [5.74, 6) is 0.659. The number of carbonyl (C=O) groups excluding carboxylic acids is 1. The second-order valence-corrected chi connectivity index (χ2v) is 7.24. The second-order valence-electron chi connectivity index (χ2n) is 7.24. The van der Waals surface area contributed by atoms with Gasteiger partial charge in [0.05, 0.1) is 0 Å². The fourth-order valence-electron chi connectivity index (χ4n) is 3.35. The van der Waals surface area contributed by atoms with E-state index in [0.29, 0.717) is 17.0 Å². The monoisotopic (exact) mass is 370 g/mol. The van der Waals surface area contributed by atoms with Crippen LogP contribution in [0.4, 0.5) is 0 Å². The van der Waals surface area contributed by atoms with Gasteiger partial charge in [-0.05, 0) is 19.8 Å². The van der Waals surface area contributed by atoms with Gasteiger partial charge >= 0.3 is 0 Å². The van der Waals surface area contributed by atoms with Crippen molar-refractivity contribution in [2.75, 3.05) is 13.1 Å². The fourth-order valence-corrected chi connectivity index (χ4v) is 3.35. The summed E-state index contributed by atoms with van der Waals surface area (Å²) in [6.07, 6.45) is 9.29. The number of hydrogen-bond donors (Lipinski definition) is 0. The van der Waals surface area contributed by atoms with E-state index in [-0.39, 0.29) is 5.91 Å². The first kappa shape index (κ1) is 21.2. The van der Waals surface area contributed by atoms with E-state index in [2.05, 4.69) is 19.0 Å². The molecular formula is C23H34N2O2. The minimum atomic E-state index is 0.0561. The van der Waals surface area contributed by atoms with Gasteiger partial charge in [0.1, 0.15) is 17.0 Å². The van der Waals surface area contributed by atoms with Gasteiger partial charge in [-0.1, -0.05) is 87.9 Å². The van der Waals surface area contributed by atoms with Crippen molar-refractivity contribution in [3.8, 4) is 11.3 Å². The van der Waals surface area contributed by atoms with E-state index < -0.39 is 0 Å². The molecule has 0 aliphatic carbocycles. The first-order valence-corrected chi connectivity index (χ1v) is 10.5. The van der Waals surface area contributed by atoms with E-state index in [1.807, 2.05) is 42.2 Å². The Morgan fingerprint density at radius 2 is 1.52 bits per heavy atom. The van der Waals surface area contributed by atoms with E-state index in [0.717, 1.165) is 31.5 Å². The third-order valence-electron chi connectivity index (χ3n) is 4.97. The maximum absolute atomic E-state index is 13.4. The Kier molecular flexibility index (Phi) is 9.09. The predicted molar refractivity (Wildman–Crippen MR) is 111 cm³/mol. The molecular weight excluding hydrogens is 336 g/mol. The zero-order valence-electron chi connectivity index (χ0n) is 17.2. The summed E-state index contributed by atoms with van der Waals surface area (Å²) in [5, 5.41) is 4.19. The van der Waals surface area contributed by atoms with E-state index >= 15 is 0 Å². The molecule has 27 heavy (non-hydrogen) atoms. The number of aromatic nitrogens is 1. The molecule has 0 radical (unpaired) electrons. The summed E-state index contributed by atoms with van der Waals surface area (Å²) in [4.78, 5) is 15.4. The van der Waals surface area contributed by atoms with Crippen LogP contribution in [0.2, 0.25) is 0 Å². The lowest BCUT2D eigenvalue weighted by atomic mass is 10.0. The SMILES string of the molecule is CCCCCCN(CCCCCC)C(=O)c1c(-c2ccccc2)noc1C. The summed E-state index contributed by atoms with van der Waals surface area (Å²) in [6, 6.07) is 9.83. The topological polar surface area (TPSA) is 46.3 Å². The Balaban J connectivity index is 2.16. The molecule has 0 fully saturated rings. The Morgan fingerprint density at radius 3 is 2.07 bits per heavy atom. The van der Waals surface area contributed by atoms with Gasteiger partial charge in [0.15, 0.2) is 0 Å². The fraction of sp³-hybridized carbons (Fsp3) is 0.565. The standard InChI is InChI=1S/C23H34N2O2/c1-4-6-8-13-17-25(18-14-9-7-5-2)23(26)21-19(3)27-24-22(21)20-15-11-10-12-16-20/h10-12,15-16H,4-9,13-14,17-18H2,1-3H3. The van der Waals surface area contributed by atoms with Crippen molar-refractivity contribution in [1.82, 2.24) is 10.1 Å². The molecule has 1 amide bonds. The van der Waals surface area contributed by atoms with Gasteiger partial charge in [0.25, 0.3) is 5.91 Å². The van der Waals surface area contributed by atoms with Gasteiger partial charge in [0, 0.05) is 18.7 Å². The highest BCUT2D eigenvalue weighted by Crippen LogP contribution is 2.26. The van der Waals surface area contributed by atoms with Gasteiger partial charge in [-0.3, -0.25) is 4.79 Å². The molecule has 0 N–H and O–H groups in total. The van der Waals surface area contributed by atoms with Crippen molar-refractivity contribution >= 4 is 5.91 Å². The molecule has 0 atom stereocenters. The Hall–Kier alpha value is -2.10. The van der Waals surface area contributed by atoms with Crippen LogP contribution in [0.5, 0.6) is 0 Å². The molecule has 4 nitrogen and oxygen atoms in total. The molecule has 0 saturated heterocycles. The van der Waals surface area contributed by atoms with Gasteiger partial charge in [-0.15, -0.1) is 0 Å². The first-order chi connectivity index (χ1) is 13.2. The largest absolute Gasteiger partial charge is 0.360 e. The summed E-state index contributed by atoms with van der Waals surface area (Å²) in [7, 11) is 0. The van der Waals surface area contributed by atoms with Crippen LogP contribution in [0.25, 0.3) is 11.3 Å². The Bertz CT molecular complexity index is 667. The molecule has 4 heteroatoms. The lowest BCUT2D eigenvalue weighted by Crippen LogP contribution is -2.33. The third kappa shape index (κ3) is 6.23. The zero-order chi connectivity index (χ0) is 19.5. The van der Waals surface area contributed by atoms with Crippen molar-refractivity contribution in [2.45, 2.75) is 72.1 Å². The minimum Gasteiger partial charge on any atom is -0.360 e.